The minimum absolute atomic E-state index is 0.888. The second-order valence-corrected chi connectivity index (χ2v) is 6.53. The largest absolute Gasteiger partial charge is 0.237 e. The van der Waals surface area contributed by atoms with E-state index in [1.165, 1.54) is 30.0 Å². The Hall–Kier alpha value is 0.330. The van der Waals surface area contributed by atoms with Crippen LogP contribution in [0.2, 0.25) is 0 Å². The van der Waals surface area contributed by atoms with Crippen LogP contribution in [0.3, 0.4) is 0 Å². The third-order valence-corrected chi connectivity index (χ3v) is 6.05. The molecule has 12 heavy (non-hydrogen) atoms. The van der Waals surface area contributed by atoms with Gasteiger partial charge < -0.3 is 0 Å². The van der Waals surface area contributed by atoms with Crippen molar-refractivity contribution >= 4 is 32.9 Å². The molecule has 0 N–H and O–H groups in total. The highest BCUT2D eigenvalue weighted by molar-refractivity contribution is 8.77. The molecule has 0 aliphatic heterocycles. The first-order valence-electron chi connectivity index (χ1n) is 4.18. The molecular weight excluding hydrogens is 206 g/mol. The molecule has 1 aliphatic rings. The van der Waals surface area contributed by atoms with Crippen molar-refractivity contribution in [3.05, 3.63) is 11.6 Å². The maximum atomic E-state index is 4.24. The highest BCUT2D eigenvalue weighted by Gasteiger charge is 2.16. The van der Waals surface area contributed by atoms with Gasteiger partial charge in [-0.15, -0.1) is 11.3 Å². The van der Waals surface area contributed by atoms with Crippen molar-refractivity contribution in [2.24, 2.45) is 0 Å². The van der Waals surface area contributed by atoms with Crippen molar-refractivity contribution in [2.45, 2.75) is 35.3 Å². The van der Waals surface area contributed by atoms with Crippen LogP contribution < -0.4 is 0 Å². The van der Waals surface area contributed by atoms with E-state index in [-0.39, 0.29) is 0 Å². The fourth-order valence-electron chi connectivity index (χ4n) is 1.35. The fraction of sp³-hybridized carbons (Fsp3) is 0.625. The van der Waals surface area contributed by atoms with Crippen molar-refractivity contribution in [3.63, 3.8) is 0 Å². The van der Waals surface area contributed by atoms with E-state index < -0.39 is 0 Å². The third kappa shape index (κ3) is 2.41. The first-order chi connectivity index (χ1) is 5.95. The van der Waals surface area contributed by atoms with E-state index in [2.05, 4.69) is 4.98 Å². The quantitative estimate of drug-likeness (QED) is 0.714. The van der Waals surface area contributed by atoms with Gasteiger partial charge in [0.05, 0.1) is 0 Å². The molecule has 1 saturated carbocycles. The summed E-state index contributed by atoms with van der Waals surface area (Å²) in [4.78, 5) is 4.24. The SMILES string of the molecule is c1csc(SSC2CCCC2)n1. The van der Waals surface area contributed by atoms with Crippen LogP contribution >= 0.6 is 32.9 Å². The zero-order chi connectivity index (χ0) is 8.23. The minimum Gasteiger partial charge on any atom is -0.237 e. The molecule has 2 rings (SSSR count). The van der Waals surface area contributed by atoms with Gasteiger partial charge in [0.1, 0.15) is 0 Å². The number of hydrogen-bond acceptors (Lipinski definition) is 4. The molecule has 0 amide bonds. The highest BCUT2D eigenvalue weighted by atomic mass is 33.1. The van der Waals surface area contributed by atoms with Crippen molar-refractivity contribution < 1.29 is 0 Å². The van der Waals surface area contributed by atoms with Crippen LogP contribution in [0, 0.1) is 0 Å². The standard InChI is InChI=1S/C8H11NS3/c1-2-4-7(3-1)11-12-8-9-5-6-10-8/h5-7H,1-4H2. The fourth-order valence-corrected chi connectivity index (χ4v) is 4.95. The lowest BCUT2D eigenvalue weighted by Crippen LogP contribution is -1.89. The van der Waals surface area contributed by atoms with Crippen LogP contribution in [0.4, 0.5) is 0 Å². The van der Waals surface area contributed by atoms with Crippen LogP contribution in [0.15, 0.2) is 15.9 Å². The summed E-state index contributed by atoms with van der Waals surface area (Å²) >= 11 is 1.74. The molecule has 1 heterocycles. The summed E-state index contributed by atoms with van der Waals surface area (Å²) in [6.07, 6.45) is 7.54. The lowest BCUT2D eigenvalue weighted by atomic mass is 10.4. The van der Waals surface area contributed by atoms with Gasteiger partial charge in [-0.05, 0) is 23.6 Å². The summed E-state index contributed by atoms with van der Waals surface area (Å²) in [5, 5.41) is 2.93. The van der Waals surface area contributed by atoms with Gasteiger partial charge in [0.25, 0.3) is 0 Å². The summed E-state index contributed by atoms with van der Waals surface area (Å²) < 4.78 is 1.20. The molecule has 0 saturated heterocycles. The summed E-state index contributed by atoms with van der Waals surface area (Å²) in [5.74, 6) is 0. The second kappa shape index (κ2) is 4.53. The van der Waals surface area contributed by atoms with Gasteiger partial charge in [-0.3, -0.25) is 0 Å². The number of thiazole rings is 1. The van der Waals surface area contributed by atoms with Gasteiger partial charge in [-0.2, -0.15) is 0 Å². The van der Waals surface area contributed by atoms with E-state index in [0.717, 1.165) is 5.25 Å². The lowest BCUT2D eigenvalue weighted by Gasteiger charge is -2.04. The maximum absolute atomic E-state index is 4.24. The molecule has 0 unspecified atom stereocenters. The summed E-state index contributed by atoms with van der Waals surface area (Å²) in [5.41, 5.74) is 0. The molecule has 1 nitrogen and oxygen atoms in total. The molecule has 1 aromatic rings. The molecule has 0 bridgehead atoms. The van der Waals surface area contributed by atoms with E-state index in [9.17, 15) is 0 Å². The monoisotopic (exact) mass is 217 g/mol. The molecule has 1 aromatic heterocycles. The normalized spacial score (nSPS) is 18.7. The zero-order valence-corrected chi connectivity index (χ0v) is 9.18. The Labute approximate surface area is 84.8 Å². The predicted octanol–water partition coefficient (Wildman–Crippen LogP) is 3.83. The molecule has 66 valence electrons. The second-order valence-electron chi connectivity index (χ2n) is 2.88. The van der Waals surface area contributed by atoms with E-state index in [4.69, 9.17) is 0 Å². The van der Waals surface area contributed by atoms with Gasteiger partial charge in [-0.1, -0.05) is 23.6 Å². The average Bonchev–Trinajstić information content (AvgIpc) is 2.74. The molecular formula is C8H11NS3. The van der Waals surface area contributed by atoms with E-state index in [1.54, 1.807) is 11.3 Å². The molecule has 0 aromatic carbocycles. The summed E-state index contributed by atoms with van der Waals surface area (Å²) in [6.45, 7) is 0. The van der Waals surface area contributed by atoms with Gasteiger partial charge >= 0.3 is 0 Å². The molecule has 0 radical (unpaired) electrons. The van der Waals surface area contributed by atoms with E-state index >= 15 is 0 Å². The predicted molar refractivity (Wildman–Crippen MR) is 57.8 cm³/mol. The van der Waals surface area contributed by atoms with Gasteiger partial charge in [-0.25, -0.2) is 4.98 Å². The highest BCUT2D eigenvalue weighted by Crippen LogP contribution is 2.41. The van der Waals surface area contributed by atoms with Crippen LogP contribution in [0.25, 0.3) is 0 Å². The van der Waals surface area contributed by atoms with Crippen LogP contribution in [0.5, 0.6) is 0 Å². The number of nitrogens with zero attached hydrogens (tertiary/aromatic N) is 1. The molecule has 1 aliphatic carbocycles. The number of rotatable bonds is 3. The Kier molecular flexibility index (Phi) is 3.37. The number of hydrogen-bond donors (Lipinski definition) is 0. The summed E-state index contributed by atoms with van der Waals surface area (Å²) in [6, 6.07) is 0. The smallest absolute Gasteiger partial charge is 0.160 e. The molecule has 0 spiro atoms. The topological polar surface area (TPSA) is 12.9 Å². The van der Waals surface area contributed by atoms with Gasteiger partial charge in [0.15, 0.2) is 4.34 Å². The van der Waals surface area contributed by atoms with Gasteiger partial charge in [0, 0.05) is 16.8 Å². The van der Waals surface area contributed by atoms with Gasteiger partial charge in [0.2, 0.25) is 0 Å². The Morgan fingerprint density at radius 1 is 1.42 bits per heavy atom. The van der Waals surface area contributed by atoms with Crippen molar-refractivity contribution in [1.82, 2.24) is 4.98 Å². The minimum atomic E-state index is 0.888. The average molecular weight is 217 g/mol. The number of aromatic nitrogens is 1. The van der Waals surface area contributed by atoms with Crippen molar-refractivity contribution in [3.8, 4) is 0 Å². The first kappa shape index (κ1) is 8.91. The lowest BCUT2D eigenvalue weighted by molar-refractivity contribution is 0.886. The molecule has 0 atom stereocenters. The first-order valence-corrected chi connectivity index (χ1v) is 7.27. The molecule has 4 heteroatoms. The Morgan fingerprint density at radius 2 is 2.25 bits per heavy atom. The van der Waals surface area contributed by atoms with E-state index in [0.29, 0.717) is 0 Å². The van der Waals surface area contributed by atoms with Crippen molar-refractivity contribution in [1.29, 1.82) is 0 Å². The van der Waals surface area contributed by atoms with Crippen LogP contribution in [0.1, 0.15) is 25.7 Å². The Bertz CT molecular complexity index is 216. The Morgan fingerprint density at radius 3 is 2.92 bits per heavy atom. The maximum Gasteiger partial charge on any atom is 0.160 e. The zero-order valence-electron chi connectivity index (χ0n) is 6.73. The van der Waals surface area contributed by atoms with Crippen molar-refractivity contribution in [2.75, 3.05) is 0 Å². The molecule has 1 fully saturated rings. The van der Waals surface area contributed by atoms with Crippen LogP contribution in [-0.4, -0.2) is 10.2 Å². The Balaban J connectivity index is 1.74. The van der Waals surface area contributed by atoms with E-state index in [1.807, 2.05) is 33.2 Å². The van der Waals surface area contributed by atoms with Crippen LogP contribution in [-0.2, 0) is 0 Å². The third-order valence-electron chi connectivity index (χ3n) is 1.97. The summed E-state index contributed by atoms with van der Waals surface area (Å²) in [7, 11) is 3.85.